The molecule has 0 bridgehead atoms. The number of hydrogen-bond acceptors (Lipinski definition) is 3. The highest BCUT2D eigenvalue weighted by Crippen LogP contribution is 2.14. The number of H-pyrrole nitrogens is 1. The number of imidazole rings is 1. The number of carbonyl (C=O) groups excluding carboxylic acids is 1. The molecule has 5 nitrogen and oxygen atoms in total. The van der Waals surface area contributed by atoms with Gasteiger partial charge in [-0.3, -0.25) is 4.79 Å². The van der Waals surface area contributed by atoms with Crippen molar-refractivity contribution in [3.05, 3.63) is 24.5 Å². The van der Waals surface area contributed by atoms with Crippen molar-refractivity contribution in [2.24, 2.45) is 5.73 Å². The first-order valence-electron chi connectivity index (χ1n) is 4.21. The van der Waals surface area contributed by atoms with Crippen molar-refractivity contribution in [1.82, 2.24) is 9.97 Å². The van der Waals surface area contributed by atoms with E-state index in [0.717, 1.165) is 16.7 Å². The van der Waals surface area contributed by atoms with Gasteiger partial charge in [0.2, 0.25) is 5.91 Å². The fraction of sp³-hybridized carbons (Fsp3) is 0.111. The van der Waals surface area contributed by atoms with E-state index in [1.54, 1.807) is 6.33 Å². The summed E-state index contributed by atoms with van der Waals surface area (Å²) in [5.74, 6) is -0.380. The second kappa shape index (κ2) is 3.37. The topological polar surface area (TPSA) is 83.8 Å². The lowest BCUT2D eigenvalue weighted by Crippen LogP contribution is -2.21. The van der Waals surface area contributed by atoms with Crippen molar-refractivity contribution in [2.75, 3.05) is 11.9 Å². The smallest absolute Gasteiger partial charge is 0.236 e. The van der Waals surface area contributed by atoms with Gasteiger partial charge in [-0.2, -0.15) is 0 Å². The van der Waals surface area contributed by atoms with Gasteiger partial charge >= 0.3 is 0 Å². The van der Waals surface area contributed by atoms with Gasteiger partial charge in [0.15, 0.2) is 0 Å². The molecule has 1 amide bonds. The summed E-state index contributed by atoms with van der Waals surface area (Å²) in [6.07, 6.45) is 1.63. The van der Waals surface area contributed by atoms with Crippen molar-refractivity contribution >= 4 is 22.6 Å². The minimum absolute atomic E-state index is 0.139. The first kappa shape index (κ1) is 8.55. The second-order valence-electron chi connectivity index (χ2n) is 2.95. The number of nitrogens with zero attached hydrogens (tertiary/aromatic N) is 1. The molecule has 0 saturated heterocycles. The summed E-state index contributed by atoms with van der Waals surface area (Å²) in [6.45, 7) is 0.139. The fourth-order valence-electron chi connectivity index (χ4n) is 1.23. The summed E-state index contributed by atoms with van der Waals surface area (Å²) in [5, 5.41) is 2.90. The number of fused-ring (bicyclic) bond motifs is 1. The van der Waals surface area contributed by atoms with Crippen LogP contribution in [0.5, 0.6) is 0 Å². The van der Waals surface area contributed by atoms with E-state index < -0.39 is 0 Å². The van der Waals surface area contributed by atoms with Crippen LogP contribution in [0.4, 0.5) is 5.69 Å². The maximum atomic E-state index is 10.5. The van der Waals surface area contributed by atoms with Crippen molar-refractivity contribution in [3.63, 3.8) is 0 Å². The van der Waals surface area contributed by atoms with Gasteiger partial charge in [-0.15, -0.1) is 0 Å². The van der Waals surface area contributed by atoms with Crippen LogP contribution in [0.3, 0.4) is 0 Å². The minimum Gasteiger partial charge on any atom is -0.376 e. The highest BCUT2D eigenvalue weighted by Gasteiger charge is 1.98. The van der Waals surface area contributed by atoms with E-state index in [2.05, 4.69) is 15.3 Å². The second-order valence-corrected chi connectivity index (χ2v) is 2.95. The van der Waals surface area contributed by atoms with Crippen LogP contribution in [-0.2, 0) is 4.79 Å². The zero-order chi connectivity index (χ0) is 9.97. The molecule has 0 aliphatic carbocycles. The van der Waals surface area contributed by atoms with Gasteiger partial charge < -0.3 is 16.0 Å². The van der Waals surface area contributed by atoms with E-state index in [4.69, 9.17) is 5.73 Å². The summed E-state index contributed by atoms with van der Waals surface area (Å²) in [5.41, 5.74) is 7.69. The molecule has 5 heteroatoms. The predicted octanol–water partition coefficient (Wildman–Crippen LogP) is 0.460. The van der Waals surface area contributed by atoms with Crippen molar-refractivity contribution < 1.29 is 4.79 Å². The molecule has 0 fully saturated rings. The summed E-state index contributed by atoms with van der Waals surface area (Å²) >= 11 is 0. The van der Waals surface area contributed by atoms with Crippen LogP contribution in [0.1, 0.15) is 0 Å². The molecule has 14 heavy (non-hydrogen) atoms. The number of nitrogens with one attached hydrogen (secondary N) is 2. The Morgan fingerprint density at radius 1 is 1.57 bits per heavy atom. The van der Waals surface area contributed by atoms with Gasteiger partial charge in [0, 0.05) is 5.69 Å². The standard InChI is InChI=1S/C9H10N4O/c10-9(14)4-11-6-1-2-7-8(3-6)13-5-12-7/h1-3,5,11H,4H2,(H2,10,14)(H,12,13). The summed E-state index contributed by atoms with van der Waals surface area (Å²) in [6, 6.07) is 5.60. The average molecular weight is 190 g/mol. The predicted molar refractivity (Wildman–Crippen MR) is 53.8 cm³/mol. The van der Waals surface area contributed by atoms with E-state index in [-0.39, 0.29) is 12.5 Å². The van der Waals surface area contributed by atoms with Crippen LogP contribution in [-0.4, -0.2) is 22.4 Å². The molecule has 1 heterocycles. The first-order chi connectivity index (χ1) is 6.75. The monoisotopic (exact) mass is 190 g/mol. The number of rotatable bonds is 3. The molecule has 2 rings (SSSR count). The molecule has 0 radical (unpaired) electrons. The SMILES string of the molecule is NC(=O)CNc1ccc2nc[nH]c2c1. The lowest BCUT2D eigenvalue weighted by Gasteiger charge is -2.02. The molecular weight excluding hydrogens is 180 g/mol. The maximum Gasteiger partial charge on any atom is 0.236 e. The van der Waals surface area contributed by atoms with Gasteiger partial charge in [-0.1, -0.05) is 0 Å². The van der Waals surface area contributed by atoms with Gasteiger partial charge in [0.25, 0.3) is 0 Å². The van der Waals surface area contributed by atoms with E-state index in [1.165, 1.54) is 0 Å². The maximum absolute atomic E-state index is 10.5. The fourth-order valence-corrected chi connectivity index (χ4v) is 1.23. The zero-order valence-corrected chi connectivity index (χ0v) is 7.45. The Hall–Kier alpha value is -2.04. The number of primary amides is 1. The molecule has 0 saturated carbocycles. The molecule has 1 aromatic carbocycles. The average Bonchev–Trinajstić information content (AvgIpc) is 2.61. The molecular formula is C9H10N4O. The Morgan fingerprint density at radius 2 is 2.43 bits per heavy atom. The van der Waals surface area contributed by atoms with Crippen molar-refractivity contribution in [2.45, 2.75) is 0 Å². The van der Waals surface area contributed by atoms with Gasteiger partial charge in [0.1, 0.15) is 0 Å². The Balaban J connectivity index is 2.21. The van der Waals surface area contributed by atoms with Gasteiger partial charge in [-0.25, -0.2) is 4.98 Å². The van der Waals surface area contributed by atoms with Crippen LogP contribution in [0.2, 0.25) is 0 Å². The molecule has 72 valence electrons. The highest BCUT2D eigenvalue weighted by atomic mass is 16.1. The number of carbonyl (C=O) groups is 1. The summed E-state index contributed by atoms with van der Waals surface area (Å²) in [4.78, 5) is 17.6. The number of hydrogen-bond donors (Lipinski definition) is 3. The molecule has 0 aliphatic heterocycles. The van der Waals surface area contributed by atoms with Crippen LogP contribution in [0, 0.1) is 0 Å². The third-order valence-corrected chi connectivity index (χ3v) is 1.89. The zero-order valence-electron chi connectivity index (χ0n) is 7.45. The Kier molecular flexibility index (Phi) is 2.06. The van der Waals surface area contributed by atoms with Crippen molar-refractivity contribution in [3.8, 4) is 0 Å². The Labute approximate surface area is 80.3 Å². The Bertz CT molecular complexity index is 463. The Morgan fingerprint density at radius 3 is 3.21 bits per heavy atom. The number of benzene rings is 1. The van der Waals surface area contributed by atoms with Gasteiger partial charge in [-0.05, 0) is 18.2 Å². The normalized spacial score (nSPS) is 10.3. The van der Waals surface area contributed by atoms with Crippen LogP contribution in [0.25, 0.3) is 11.0 Å². The number of nitrogens with two attached hydrogens (primary N) is 1. The number of aromatic amines is 1. The molecule has 0 spiro atoms. The molecule has 0 unspecified atom stereocenters. The van der Waals surface area contributed by atoms with E-state index in [1.807, 2.05) is 18.2 Å². The third-order valence-electron chi connectivity index (χ3n) is 1.89. The quantitative estimate of drug-likeness (QED) is 0.657. The van der Waals surface area contributed by atoms with Crippen molar-refractivity contribution in [1.29, 1.82) is 0 Å². The summed E-state index contributed by atoms with van der Waals surface area (Å²) in [7, 11) is 0. The molecule has 1 aromatic heterocycles. The van der Waals surface area contributed by atoms with Crippen LogP contribution < -0.4 is 11.1 Å². The largest absolute Gasteiger partial charge is 0.376 e. The minimum atomic E-state index is -0.380. The molecule has 2 aromatic rings. The number of amides is 1. The van der Waals surface area contributed by atoms with E-state index >= 15 is 0 Å². The summed E-state index contributed by atoms with van der Waals surface area (Å²) < 4.78 is 0. The lowest BCUT2D eigenvalue weighted by atomic mass is 10.3. The number of aromatic nitrogens is 2. The van der Waals surface area contributed by atoms with E-state index in [0.29, 0.717) is 0 Å². The molecule has 0 atom stereocenters. The van der Waals surface area contributed by atoms with Crippen LogP contribution in [0.15, 0.2) is 24.5 Å². The first-order valence-corrected chi connectivity index (χ1v) is 4.21. The molecule has 4 N–H and O–H groups in total. The number of anilines is 1. The van der Waals surface area contributed by atoms with E-state index in [9.17, 15) is 4.79 Å². The third kappa shape index (κ3) is 1.66. The molecule has 0 aliphatic rings. The van der Waals surface area contributed by atoms with Crippen LogP contribution >= 0.6 is 0 Å². The van der Waals surface area contributed by atoms with Gasteiger partial charge in [0.05, 0.1) is 23.9 Å². The lowest BCUT2D eigenvalue weighted by molar-refractivity contribution is -0.116. The highest BCUT2D eigenvalue weighted by molar-refractivity contribution is 5.82.